The van der Waals surface area contributed by atoms with Crippen molar-refractivity contribution in [1.82, 2.24) is 10.2 Å². The Morgan fingerprint density at radius 1 is 1.09 bits per heavy atom. The molecular weight excluding hydrogens is 440 g/mol. The van der Waals surface area contributed by atoms with Crippen molar-refractivity contribution in [2.24, 2.45) is 5.92 Å². The lowest BCUT2D eigenvalue weighted by Crippen LogP contribution is -2.52. The summed E-state index contributed by atoms with van der Waals surface area (Å²) in [6.07, 6.45) is -0.272. The SMILES string of the molecule is CC(C)CC(NC(=O)OCC1c2ccccc2-c2ccccc21)C(=O)N1CSCC1C(=O)O. The maximum Gasteiger partial charge on any atom is 0.407 e. The molecule has 8 heteroatoms. The van der Waals surface area contributed by atoms with Gasteiger partial charge in [-0.1, -0.05) is 62.4 Å². The van der Waals surface area contributed by atoms with Gasteiger partial charge in [0.2, 0.25) is 5.91 Å². The minimum atomic E-state index is -1.03. The molecule has 2 unspecified atom stereocenters. The number of rotatable bonds is 7. The predicted molar refractivity (Wildman–Crippen MR) is 127 cm³/mol. The van der Waals surface area contributed by atoms with E-state index in [9.17, 15) is 19.5 Å². The van der Waals surface area contributed by atoms with Gasteiger partial charge >= 0.3 is 12.1 Å². The molecule has 174 valence electrons. The topological polar surface area (TPSA) is 95.9 Å². The van der Waals surface area contributed by atoms with Crippen molar-refractivity contribution in [3.8, 4) is 11.1 Å². The second-order valence-electron chi connectivity index (χ2n) is 8.81. The first-order valence-electron chi connectivity index (χ1n) is 11.1. The van der Waals surface area contributed by atoms with Crippen LogP contribution in [0.15, 0.2) is 48.5 Å². The number of hydrogen-bond acceptors (Lipinski definition) is 5. The minimum absolute atomic E-state index is 0.0752. The van der Waals surface area contributed by atoms with Gasteiger partial charge in [0.25, 0.3) is 0 Å². The molecule has 0 aromatic heterocycles. The largest absolute Gasteiger partial charge is 0.480 e. The molecule has 0 bridgehead atoms. The number of thioether (sulfide) groups is 1. The highest BCUT2D eigenvalue weighted by Crippen LogP contribution is 2.44. The smallest absolute Gasteiger partial charge is 0.407 e. The number of alkyl carbamates (subject to hydrolysis) is 1. The minimum Gasteiger partial charge on any atom is -0.480 e. The Kier molecular flexibility index (Phi) is 6.93. The van der Waals surface area contributed by atoms with Gasteiger partial charge in [-0.3, -0.25) is 4.79 Å². The molecule has 0 radical (unpaired) electrons. The molecular formula is C25H28N2O5S. The number of carbonyl (C=O) groups excluding carboxylic acids is 2. The molecule has 33 heavy (non-hydrogen) atoms. The Morgan fingerprint density at radius 3 is 2.27 bits per heavy atom. The van der Waals surface area contributed by atoms with Gasteiger partial charge < -0.3 is 20.1 Å². The predicted octanol–water partition coefficient (Wildman–Crippen LogP) is 3.93. The van der Waals surface area contributed by atoms with Crippen LogP contribution in [0.5, 0.6) is 0 Å². The van der Waals surface area contributed by atoms with Crippen molar-refractivity contribution in [3.05, 3.63) is 59.7 Å². The number of hydrogen-bond donors (Lipinski definition) is 2. The molecule has 2 aromatic carbocycles. The Bertz CT molecular complexity index is 1010. The molecule has 2 aliphatic rings. The fraction of sp³-hybridized carbons (Fsp3) is 0.400. The highest BCUT2D eigenvalue weighted by atomic mass is 32.2. The number of nitrogens with one attached hydrogen (secondary N) is 1. The second kappa shape index (κ2) is 9.87. The van der Waals surface area contributed by atoms with Crippen LogP contribution in [0.2, 0.25) is 0 Å². The number of aliphatic carboxylic acids is 1. The Labute approximate surface area is 197 Å². The first kappa shape index (κ1) is 23.2. The van der Waals surface area contributed by atoms with Crippen LogP contribution in [0, 0.1) is 5.92 Å². The van der Waals surface area contributed by atoms with E-state index in [1.807, 2.05) is 50.2 Å². The van der Waals surface area contributed by atoms with Crippen LogP contribution < -0.4 is 5.32 Å². The Hall–Kier alpha value is -3.00. The standard InChI is InChI=1S/C25H28N2O5S/c1-15(2)11-21(23(28)27-14-33-13-22(27)24(29)30)26-25(31)32-12-20-18-9-5-3-7-16(18)17-8-4-6-10-19(17)20/h3-10,15,20-22H,11-14H2,1-2H3,(H,26,31)(H,29,30). The number of benzene rings is 2. The Morgan fingerprint density at radius 2 is 1.70 bits per heavy atom. The molecule has 1 aliphatic heterocycles. The fourth-order valence-corrected chi connectivity index (χ4v) is 5.69. The number of carboxylic acid groups (broad SMARTS) is 1. The summed E-state index contributed by atoms with van der Waals surface area (Å²) in [4.78, 5) is 38.7. The van der Waals surface area contributed by atoms with E-state index in [-0.39, 0.29) is 24.3 Å². The summed E-state index contributed by atoms with van der Waals surface area (Å²) < 4.78 is 5.60. The van der Waals surface area contributed by atoms with E-state index in [1.54, 1.807) is 0 Å². The molecule has 1 aliphatic carbocycles. The molecule has 1 saturated heterocycles. The monoisotopic (exact) mass is 468 g/mol. The second-order valence-corrected chi connectivity index (χ2v) is 9.81. The molecule has 2 N–H and O–H groups in total. The highest BCUT2D eigenvalue weighted by molar-refractivity contribution is 7.99. The normalized spacial score (nSPS) is 18.0. The van der Waals surface area contributed by atoms with Crippen LogP contribution >= 0.6 is 11.8 Å². The number of carbonyl (C=O) groups is 3. The molecule has 4 rings (SSSR count). The lowest BCUT2D eigenvalue weighted by Gasteiger charge is -2.27. The zero-order chi connectivity index (χ0) is 23.5. The van der Waals surface area contributed by atoms with Crippen molar-refractivity contribution >= 4 is 29.7 Å². The van der Waals surface area contributed by atoms with E-state index in [0.717, 1.165) is 22.3 Å². The number of carboxylic acids is 1. The van der Waals surface area contributed by atoms with Gasteiger partial charge in [-0.25, -0.2) is 9.59 Å². The molecule has 7 nitrogen and oxygen atoms in total. The zero-order valence-electron chi connectivity index (χ0n) is 18.7. The quantitative estimate of drug-likeness (QED) is 0.639. The average Bonchev–Trinajstić information content (AvgIpc) is 3.40. The van der Waals surface area contributed by atoms with Crippen LogP contribution in [0.1, 0.15) is 37.3 Å². The van der Waals surface area contributed by atoms with Crippen molar-refractivity contribution in [1.29, 1.82) is 0 Å². The van der Waals surface area contributed by atoms with Gasteiger partial charge in [-0.15, -0.1) is 11.8 Å². The molecule has 0 spiro atoms. The van der Waals surface area contributed by atoms with E-state index in [2.05, 4.69) is 17.4 Å². The average molecular weight is 469 g/mol. The molecule has 1 heterocycles. The van der Waals surface area contributed by atoms with Crippen LogP contribution in [0.3, 0.4) is 0 Å². The first-order valence-corrected chi connectivity index (χ1v) is 12.2. The maximum atomic E-state index is 13.1. The third-order valence-corrected chi connectivity index (χ3v) is 7.10. The molecule has 0 saturated carbocycles. The highest BCUT2D eigenvalue weighted by Gasteiger charge is 2.38. The molecule has 1 fully saturated rings. The number of amides is 2. The summed E-state index contributed by atoms with van der Waals surface area (Å²) >= 11 is 1.40. The third-order valence-electron chi connectivity index (χ3n) is 6.09. The summed E-state index contributed by atoms with van der Waals surface area (Å²) in [5, 5.41) is 12.1. The van der Waals surface area contributed by atoms with Crippen LogP contribution in [-0.2, 0) is 14.3 Å². The summed E-state index contributed by atoms with van der Waals surface area (Å²) in [5.41, 5.74) is 4.50. The maximum absolute atomic E-state index is 13.1. The molecule has 2 amide bonds. The van der Waals surface area contributed by atoms with E-state index in [0.29, 0.717) is 18.1 Å². The van der Waals surface area contributed by atoms with Crippen LogP contribution in [-0.4, -0.2) is 58.3 Å². The van der Waals surface area contributed by atoms with Gasteiger partial charge in [0, 0.05) is 11.7 Å². The van der Waals surface area contributed by atoms with Crippen molar-refractivity contribution in [2.45, 2.75) is 38.3 Å². The molecule has 2 atom stereocenters. The summed E-state index contributed by atoms with van der Waals surface area (Å²) in [7, 11) is 0. The van der Waals surface area contributed by atoms with Crippen molar-refractivity contribution in [2.75, 3.05) is 18.2 Å². The number of fused-ring (bicyclic) bond motifs is 3. The zero-order valence-corrected chi connectivity index (χ0v) is 19.5. The third kappa shape index (κ3) is 4.85. The van der Waals surface area contributed by atoms with Gasteiger partial charge in [-0.05, 0) is 34.6 Å². The lowest BCUT2D eigenvalue weighted by atomic mass is 9.98. The van der Waals surface area contributed by atoms with Gasteiger partial charge in [-0.2, -0.15) is 0 Å². The Balaban J connectivity index is 1.44. The summed E-state index contributed by atoms with van der Waals surface area (Å²) in [6, 6.07) is 14.5. The molecule has 2 aromatic rings. The summed E-state index contributed by atoms with van der Waals surface area (Å²) in [6.45, 7) is 4.06. The van der Waals surface area contributed by atoms with Gasteiger partial charge in [0.15, 0.2) is 0 Å². The van der Waals surface area contributed by atoms with Crippen molar-refractivity contribution < 1.29 is 24.2 Å². The first-order chi connectivity index (χ1) is 15.9. The van der Waals surface area contributed by atoms with E-state index >= 15 is 0 Å². The lowest BCUT2D eigenvalue weighted by molar-refractivity contribution is -0.148. The van der Waals surface area contributed by atoms with E-state index in [1.165, 1.54) is 16.7 Å². The van der Waals surface area contributed by atoms with Crippen LogP contribution in [0.4, 0.5) is 4.79 Å². The number of ether oxygens (including phenoxy) is 1. The summed E-state index contributed by atoms with van der Waals surface area (Å²) in [5.74, 6) is -0.704. The van der Waals surface area contributed by atoms with Gasteiger partial charge in [0.05, 0.1) is 5.88 Å². The fourth-order valence-electron chi connectivity index (χ4n) is 4.54. The number of nitrogens with zero attached hydrogens (tertiary/aromatic N) is 1. The van der Waals surface area contributed by atoms with E-state index in [4.69, 9.17) is 4.74 Å². The van der Waals surface area contributed by atoms with Gasteiger partial charge in [0.1, 0.15) is 18.7 Å². The van der Waals surface area contributed by atoms with E-state index < -0.39 is 24.1 Å². The van der Waals surface area contributed by atoms with Crippen molar-refractivity contribution in [3.63, 3.8) is 0 Å². The van der Waals surface area contributed by atoms with Crippen LogP contribution in [0.25, 0.3) is 11.1 Å².